The number of ether oxygens (including phenoxy) is 2. The second kappa shape index (κ2) is 10.0. The second-order valence-electron chi connectivity index (χ2n) is 8.46. The minimum atomic E-state index is 0.149. The van der Waals surface area contributed by atoms with E-state index in [9.17, 15) is 4.79 Å². The van der Waals surface area contributed by atoms with Gasteiger partial charge in [-0.05, 0) is 49.7 Å². The molecular formula is C25H32N4O3. The molecule has 3 heterocycles. The maximum Gasteiger partial charge on any atom is 0.219 e. The fraction of sp³-hybridized carbons (Fsp3) is 0.440. The summed E-state index contributed by atoms with van der Waals surface area (Å²) in [5.74, 6) is 1.95. The van der Waals surface area contributed by atoms with Gasteiger partial charge in [0.05, 0.1) is 7.11 Å². The van der Waals surface area contributed by atoms with E-state index in [1.54, 1.807) is 14.0 Å². The molecule has 170 valence electrons. The molecule has 7 nitrogen and oxygen atoms in total. The van der Waals surface area contributed by atoms with Crippen molar-refractivity contribution in [2.75, 3.05) is 40.4 Å². The molecule has 0 spiro atoms. The van der Waals surface area contributed by atoms with E-state index in [-0.39, 0.29) is 5.91 Å². The molecule has 1 fully saturated rings. The van der Waals surface area contributed by atoms with Crippen molar-refractivity contribution in [2.45, 2.75) is 32.2 Å². The van der Waals surface area contributed by atoms with Gasteiger partial charge in [0.15, 0.2) is 11.5 Å². The molecule has 1 atom stereocenters. The first-order valence-corrected chi connectivity index (χ1v) is 11.2. The summed E-state index contributed by atoms with van der Waals surface area (Å²) in [7, 11) is 3.76. The molecule has 1 aromatic carbocycles. The van der Waals surface area contributed by atoms with Crippen LogP contribution in [-0.2, 0) is 11.3 Å². The summed E-state index contributed by atoms with van der Waals surface area (Å²) in [6, 6.07) is 11.8. The first-order valence-electron chi connectivity index (χ1n) is 11.2. The summed E-state index contributed by atoms with van der Waals surface area (Å²) in [6.07, 6.45) is 3.92. The van der Waals surface area contributed by atoms with Crippen LogP contribution in [0.5, 0.6) is 11.5 Å². The number of para-hydroxylation sites is 2. The van der Waals surface area contributed by atoms with Gasteiger partial charge in [0.25, 0.3) is 0 Å². The molecule has 0 radical (unpaired) electrons. The molecule has 4 rings (SSSR count). The highest BCUT2D eigenvalue weighted by Crippen LogP contribution is 2.33. The molecule has 0 bridgehead atoms. The topological polar surface area (TPSA) is 70.7 Å². The lowest BCUT2D eigenvalue weighted by atomic mass is 9.91. The number of hydrogen-bond donors (Lipinski definition) is 1. The summed E-state index contributed by atoms with van der Waals surface area (Å²) in [6.45, 7) is 5.39. The van der Waals surface area contributed by atoms with Gasteiger partial charge in [-0.1, -0.05) is 12.1 Å². The maximum absolute atomic E-state index is 12.0. The van der Waals surface area contributed by atoms with Gasteiger partial charge in [-0.3, -0.25) is 9.69 Å². The largest absolute Gasteiger partial charge is 0.493 e. The van der Waals surface area contributed by atoms with Crippen LogP contribution in [-0.4, -0.2) is 66.1 Å². The number of carbonyl (C=O) groups is 1. The summed E-state index contributed by atoms with van der Waals surface area (Å²) in [5.41, 5.74) is 3.39. The number of rotatable bonds is 8. The highest BCUT2D eigenvalue weighted by atomic mass is 16.5. The van der Waals surface area contributed by atoms with Gasteiger partial charge >= 0.3 is 0 Å². The number of likely N-dealkylation sites (N-methyl/N-ethyl adjacent to an activating group) is 1. The third-order valence-corrected chi connectivity index (χ3v) is 6.21. The van der Waals surface area contributed by atoms with Crippen LogP contribution < -0.4 is 9.47 Å². The Labute approximate surface area is 189 Å². The molecule has 1 amide bonds. The second-order valence-corrected chi connectivity index (χ2v) is 8.46. The summed E-state index contributed by atoms with van der Waals surface area (Å²) >= 11 is 0. The van der Waals surface area contributed by atoms with Gasteiger partial charge in [-0.2, -0.15) is 0 Å². The minimum absolute atomic E-state index is 0.149. The van der Waals surface area contributed by atoms with Gasteiger partial charge in [0.1, 0.15) is 12.3 Å². The van der Waals surface area contributed by atoms with Crippen LogP contribution in [0.4, 0.5) is 0 Å². The SMILES string of the molecule is COc1ccccc1OCCN(C)Cc1c([C@H]2CCCN(C(C)=O)C2)[nH]c2ncccc12. The molecule has 1 aliphatic rings. The van der Waals surface area contributed by atoms with Gasteiger partial charge in [0.2, 0.25) is 5.91 Å². The number of fused-ring (bicyclic) bond motifs is 1. The maximum atomic E-state index is 12.0. The molecule has 0 saturated carbocycles. The Kier molecular flexibility index (Phi) is 6.95. The Hall–Kier alpha value is -3.06. The molecule has 0 unspecified atom stereocenters. The Balaban J connectivity index is 1.48. The predicted octanol–water partition coefficient (Wildman–Crippen LogP) is 3.81. The lowest BCUT2D eigenvalue weighted by molar-refractivity contribution is -0.130. The number of benzene rings is 1. The predicted molar refractivity (Wildman–Crippen MR) is 125 cm³/mol. The normalized spacial score (nSPS) is 16.5. The number of aromatic amines is 1. The van der Waals surface area contributed by atoms with Crippen molar-refractivity contribution in [3.05, 3.63) is 53.9 Å². The smallest absolute Gasteiger partial charge is 0.219 e. The van der Waals surface area contributed by atoms with Crippen LogP contribution in [0.2, 0.25) is 0 Å². The lowest BCUT2D eigenvalue weighted by Gasteiger charge is -2.32. The van der Waals surface area contributed by atoms with Crippen molar-refractivity contribution in [3.63, 3.8) is 0 Å². The van der Waals surface area contributed by atoms with Gasteiger partial charge in [-0.25, -0.2) is 4.98 Å². The van der Waals surface area contributed by atoms with Crippen LogP contribution in [0.15, 0.2) is 42.6 Å². The monoisotopic (exact) mass is 436 g/mol. The number of nitrogens with one attached hydrogen (secondary N) is 1. The number of nitrogens with zero attached hydrogens (tertiary/aromatic N) is 3. The van der Waals surface area contributed by atoms with E-state index in [4.69, 9.17) is 9.47 Å². The average Bonchev–Trinajstić information content (AvgIpc) is 3.18. The van der Waals surface area contributed by atoms with E-state index < -0.39 is 0 Å². The molecular weight excluding hydrogens is 404 g/mol. The minimum Gasteiger partial charge on any atom is -0.493 e. The average molecular weight is 437 g/mol. The first kappa shape index (κ1) is 22.1. The molecule has 0 aliphatic carbocycles. The van der Waals surface area contributed by atoms with Gasteiger partial charge in [0, 0.05) is 56.3 Å². The fourth-order valence-corrected chi connectivity index (χ4v) is 4.51. The van der Waals surface area contributed by atoms with E-state index in [1.807, 2.05) is 41.4 Å². The Bertz CT molecular complexity index is 1060. The van der Waals surface area contributed by atoms with Crippen molar-refractivity contribution >= 4 is 16.9 Å². The van der Waals surface area contributed by atoms with E-state index in [2.05, 4.69) is 28.0 Å². The zero-order valence-corrected chi connectivity index (χ0v) is 19.1. The first-order chi connectivity index (χ1) is 15.6. The fourth-order valence-electron chi connectivity index (χ4n) is 4.51. The standard InChI is InChI=1S/C25H32N4O3/c1-18(30)29-13-7-8-19(16-29)24-21(20-9-6-12-26-25(20)27-24)17-28(2)14-15-32-23-11-5-4-10-22(23)31-3/h4-6,9-12,19H,7-8,13-17H2,1-3H3,(H,26,27)/t19-/m0/s1. The molecule has 1 saturated heterocycles. The number of pyridine rings is 1. The van der Waals surface area contributed by atoms with Crippen LogP contribution >= 0.6 is 0 Å². The third-order valence-electron chi connectivity index (χ3n) is 6.21. The molecule has 2 aromatic heterocycles. The Morgan fingerprint density at radius 1 is 1.25 bits per heavy atom. The molecule has 1 N–H and O–H groups in total. The number of likely N-dealkylation sites (tertiary alicyclic amines) is 1. The van der Waals surface area contributed by atoms with Crippen molar-refractivity contribution in [1.82, 2.24) is 19.8 Å². The Morgan fingerprint density at radius 3 is 2.84 bits per heavy atom. The summed E-state index contributed by atoms with van der Waals surface area (Å²) in [5, 5.41) is 1.15. The zero-order valence-electron chi connectivity index (χ0n) is 19.1. The van der Waals surface area contributed by atoms with Crippen LogP contribution in [0.3, 0.4) is 0 Å². The van der Waals surface area contributed by atoms with Crippen molar-refractivity contribution in [3.8, 4) is 11.5 Å². The number of aromatic nitrogens is 2. The van der Waals surface area contributed by atoms with Crippen molar-refractivity contribution in [2.24, 2.45) is 0 Å². The summed E-state index contributed by atoms with van der Waals surface area (Å²) in [4.78, 5) is 24.3. The van der Waals surface area contributed by atoms with Crippen LogP contribution in [0.1, 0.15) is 36.9 Å². The number of methoxy groups -OCH3 is 1. The molecule has 1 aliphatic heterocycles. The van der Waals surface area contributed by atoms with Crippen molar-refractivity contribution < 1.29 is 14.3 Å². The van der Waals surface area contributed by atoms with E-state index >= 15 is 0 Å². The number of amides is 1. The van der Waals surface area contributed by atoms with Crippen LogP contribution in [0.25, 0.3) is 11.0 Å². The third kappa shape index (κ3) is 4.88. The van der Waals surface area contributed by atoms with E-state index in [0.717, 1.165) is 61.6 Å². The Morgan fingerprint density at radius 2 is 2.06 bits per heavy atom. The van der Waals surface area contributed by atoms with Gasteiger partial charge < -0.3 is 19.4 Å². The molecule has 7 heteroatoms. The number of piperidine rings is 1. The van der Waals surface area contributed by atoms with E-state index in [0.29, 0.717) is 12.5 Å². The van der Waals surface area contributed by atoms with Crippen LogP contribution in [0, 0.1) is 0 Å². The molecule has 32 heavy (non-hydrogen) atoms. The van der Waals surface area contributed by atoms with Gasteiger partial charge in [-0.15, -0.1) is 0 Å². The number of carbonyl (C=O) groups excluding carboxylic acids is 1. The van der Waals surface area contributed by atoms with Crippen molar-refractivity contribution in [1.29, 1.82) is 0 Å². The highest BCUT2D eigenvalue weighted by molar-refractivity contribution is 5.81. The number of H-pyrrole nitrogens is 1. The lowest BCUT2D eigenvalue weighted by Crippen LogP contribution is -2.38. The number of hydrogen-bond acceptors (Lipinski definition) is 5. The summed E-state index contributed by atoms with van der Waals surface area (Å²) < 4.78 is 11.3. The van der Waals surface area contributed by atoms with E-state index in [1.165, 1.54) is 11.3 Å². The highest BCUT2D eigenvalue weighted by Gasteiger charge is 2.27. The molecule has 3 aromatic rings. The zero-order chi connectivity index (χ0) is 22.5. The quantitative estimate of drug-likeness (QED) is 0.582.